The third kappa shape index (κ3) is 4.74. The van der Waals surface area contributed by atoms with Crippen LogP contribution in [0.1, 0.15) is 20.7 Å². The molecule has 0 aliphatic rings. The Hall–Kier alpha value is -3.00. The maximum atomic E-state index is 13.6. The number of esters is 2. The van der Waals surface area contributed by atoms with Gasteiger partial charge in [-0.15, -0.1) is 0 Å². The molecule has 8 heteroatoms. The van der Waals surface area contributed by atoms with Gasteiger partial charge in [0.2, 0.25) is 0 Å². The number of anilines is 2. The van der Waals surface area contributed by atoms with Crippen molar-refractivity contribution in [2.75, 3.05) is 24.9 Å². The molecule has 0 amide bonds. The lowest BCUT2D eigenvalue weighted by Crippen LogP contribution is -2.20. The Morgan fingerprint density at radius 3 is 2.04 bits per heavy atom. The lowest BCUT2D eigenvalue weighted by Gasteiger charge is -2.13. The minimum Gasteiger partial charge on any atom is -0.465 e. The summed E-state index contributed by atoms with van der Waals surface area (Å²) in [4.78, 5) is 23.5. The standard InChI is InChI=1S/C17H15FN2O4S/c1-23-15(21)10-7-11(16(22)24-2)9-12(8-10)19-17(25)20-14-6-4-3-5-13(14)18/h3-9H,1-2H3,(H2,19,20,25). The predicted octanol–water partition coefficient (Wildman–Crippen LogP) is 3.21. The van der Waals surface area contributed by atoms with Gasteiger partial charge in [-0.05, 0) is 42.5 Å². The first-order valence-corrected chi connectivity index (χ1v) is 7.49. The molecule has 0 fully saturated rings. The highest BCUT2D eigenvalue weighted by Gasteiger charge is 2.14. The van der Waals surface area contributed by atoms with Crippen LogP contribution < -0.4 is 10.6 Å². The summed E-state index contributed by atoms with van der Waals surface area (Å²) < 4.78 is 23.0. The van der Waals surface area contributed by atoms with Crippen molar-refractivity contribution in [2.45, 2.75) is 0 Å². The fourth-order valence-corrected chi connectivity index (χ4v) is 2.25. The molecule has 0 heterocycles. The van der Waals surface area contributed by atoms with Crippen molar-refractivity contribution in [1.82, 2.24) is 0 Å². The zero-order valence-electron chi connectivity index (χ0n) is 13.5. The number of methoxy groups -OCH3 is 2. The molecule has 130 valence electrons. The fraction of sp³-hybridized carbons (Fsp3) is 0.118. The Morgan fingerprint density at radius 1 is 0.960 bits per heavy atom. The van der Waals surface area contributed by atoms with Gasteiger partial charge in [-0.3, -0.25) is 0 Å². The fourth-order valence-electron chi connectivity index (χ4n) is 2.02. The highest BCUT2D eigenvalue weighted by Crippen LogP contribution is 2.18. The number of carbonyl (C=O) groups excluding carboxylic acids is 2. The molecule has 6 nitrogen and oxygen atoms in total. The zero-order chi connectivity index (χ0) is 18.4. The minimum absolute atomic E-state index is 0.0860. The molecule has 0 spiro atoms. The summed E-state index contributed by atoms with van der Waals surface area (Å²) in [6.07, 6.45) is 0. The van der Waals surface area contributed by atoms with Gasteiger partial charge in [-0.2, -0.15) is 0 Å². The van der Waals surface area contributed by atoms with Crippen LogP contribution in [0.15, 0.2) is 42.5 Å². The van der Waals surface area contributed by atoms with E-state index in [2.05, 4.69) is 20.1 Å². The second-order valence-electron chi connectivity index (χ2n) is 4.84. The summed E-state index contributed by atoms with van der Waals surface area (Å²) in [5.41, 5.74) is 0.817. The van der Waals surface area contributed by atoms with Crippen LogP contribution in [0.2, 0.25) is 0 Å². The molecule has 0 saturated carbocycles. The van der Waals surface area contributed by atoms with Crippen molar-refractivity contribution >= 4 is 40.6 Å². The molecule has 0 radical (unpaired) electrons. The smallest absolute Gasteiger partial charge is 0.337 e. The molecule has 2 aromatic rings. The number of hydrogen-bond acceptors (Lipinski definition) is 5. The highest BCUT2D eigenvalue weighted by molar-refractivity contribution is 7.80. The molecule has 0 unspecified atom stereocenters. The second kappa shape index (κ2) is 8.20. The molecule has 0 aliphatic carbocycles. The Balaban J connectivity index is 2.25. The number of thiocarbonyl (C=S) groups is 1. The number of hydrogen-bond donors (Lipinski definition) is 2. The van der Waals surface area contributed by atoms with Crippen molar-refractivity contribution in [2.24, 2.45) is 0 Å². The summed E-state index contributed by atoms with van der Waals surface area (Å²) in [6.45, 7) is 0. The monoisotopic (exact) mass is 362 g/mol. The molecule has 0 aromatic heterocycles. The third-order valence-electron chi connectivity index (χ3n) is 3.16. The molecule has 0 aliphatic heterocycles. The third-order valence-corrected chi connectivity index (χ3v) is 3.36. The van der Waals surface area contributed by atoms with Crippen molar-refractivity contribution in [3.63, 3.8) is 0 Å². The Kier molecular flexibility index (Phi) is 6.02. The van der Waals surface area contributed by atoms with Crippen molar-refractivity contribution < 1.29 is 23.5 Å². The van der Waals surface area contributed by atoms with Crippen LogP contribution in [0.25, 0.3) is 0 Å². The second-order valence-corrected chi connectivity index (χ2v) is 5.25. The predicted molar refractivity (Wildman–Crippen MR) is 95.4 cm³/mol. The molecule has 2 rings (SSSR count). The quantitative estimate of drug-likeness (QED) is 0.639. The van der Waals surface area contributed by atoms with E-state index in [9.17, 15) is 14.0 Å². The summed E-state index contributed by atoms with van der Waals surface area (Å²) in [5.74, 6) is -1.71. The van der Waals surface area contributed by atoms with Crippen molar-refractivity contribution in [1.29, 1.82) is 0 Å². The van der Waals surface area contributed by atoms with Crippen LogP contribution in [-0.2, 0) is 9.47 Å². The van der Waals surface area contributed by atoms with Crippen molar-refractivity contribution in [3.8, 4) is 0 Å². The number of ether oxygens (including phenoxy) is 2. The molecule has 2 aromatic carbocycles. The van der Waals surface area contributed by atoms with E-state index in [0.717, 1.165) is 0 Å². The topological polar surface area (TPSA) is 76.7 Å². The van der Waals surface area contributed by atoms with Crippen LogP contribution in [0.4, 0.5) is 15.8 Å². The van der Waals surface area contributed by atoms with Gasteiger partial charge in [0.05, 0.1) is 31.0 Å². The average molecular weight is 362 g/mol. The molecule has 2 N–H and O–H groups in total. The Labute approximate surface area is 148 Å². The van der Waals surface area contributed by atoms with Crippen LogP contribution in [0, 0.1) is 5.82 Å². The van der Waals surface area contributed by atoms with Crippen molar-refractivity contribution in [3.05, 3.63) is 59.4 Å². The van der Waals surface area contributed by atoms with E-state index in [0.29, 0.717) is 5.69 Å². The van der Waals surface area contributed by atoms with Gasteiger partial charge in [-0.1, -0.05) is 12.1 Å². The lowest BCUT2D eigenvalue weighted by molar-refractivity contribution is 0.0599. The highest BCUT2D eigenvalue weighted by atomic mass is 32.1. The van der Waals surface area contributed by atoms with Gasteiger partial charge >= 0.3 is 11.9 Å². The van der Waals surface area contributed by atoms with Crippen LogP contribution in [0.5, 0.6) is 0 Å². The molecule has 0 bridgehead atoms. The van der Waals surface area contributed by atoms with Crippen LogP contribution in [0.3, 0.4) is 0 Å². The van der Waals surface area contributed by atoms with E-state index in [1.54, 1.807) is 12.1 Å². The largest absolute Gasteiger partial charge is 0.465 e. The first-order chi connectivity index (χ1) is 11.9. The van der Waals surface area contributed by atoms with E-state index in [1.165, 1.54) is 44.6 Å². The van der Waals surface area contributed by atoms with Crippen LogP contribution in [-0.4, -0.2) is 31.3 Å². The summed E-state index contributed by atoms with van der Waals surface area (Å²) in [5, 5.41) is 5.58. The summed E-state index contributed by atoms with van der Waals surface area (Å²) in [6, 6.07) is 10.3. The van der Waals surface area contributed by atoms with E-state index in [-0.39, 0.29) is 21.9 Å². The number of carbonyl (C=O) groups is 2. The van der Waals surface area contributed by atoms with E-state index < -0.39 is 17.8 Å². The Morgan fingerprint density at radius 2 is 1.52 bits per heavy atom. The number of rotatable bonds is 4. The zero-order valence-corrected chi connectivity index (χ0v) is 14.3. The average Bonchev–Trinajstić information content (AvgIpc) is 2.61. The van der Waals surface area contributed by atoms with Gasteiger partial charge in [0.1, 0.15) is 5.82 Å². The SMILES string of the molecule is COC(=O)c1cc(NC(=S)Nc2ccccc2F)cc(C(=O)OC)c1. The number of halogens is 1. The molecular formula is C17H15FN2O4S. The summed E-state index contributed by atoms with van der Waals surface area (Å²) >= 11 is 5.13. The van der Waals surface area contributed by atoms with Crippen LogP contribution >= 0.6 is 12.2 Å². The van der Waals surface area contributed by atoms with E-state index in [1.807, 2.05) is 0 Å². The summed E-state index contributed by atoms with van der Waals surface area (Å²) in [7, 11) is 2.45. The van der Waals surface area contributed by atoms with E-state index >= 15 is 0 Å². The maximum absolute atomic E-state index is 13.6. The van der Waals surface area contributed by atoms with Gasteiger partial charge < -0.3 is 20.1 Å². The number of para-hydroxylation sites is 1. The van der Waals surface area contributed by atoms with E-state index in [4.69, 9.17) is 12.2 Å². The minimum atomic E-state index is -0.623. The first-order valence-electron chi connectivity index (χ1n) is 7.09. The molecular weight excluding hydrogens is 347 g/mol. The Bertz CT molecular complexity index is 792. The lowest BCUT2D eigenvalue weighted by atomic mass is 10.1. The first kappa shape index (κ1) is 18.3. The van der Waals surface area contributed by atoms with Gasteiger partial charge in [-0.25, -0.2) is 14.0 Å². The molecule has 0 atom stereocenters. The number of benzene rings is 2. The normalized spacial score (nSPS) is 9.88. The van der Waals surface area contributed by atoms with Gasteiger partial charge in [0.25, 0.3) is 0 Å². The maximum Gasteiger partial charge on any atom is 0.337 e. The molecule has 0 saturated heterocycles. The van der Waals surface area contributed by atoms with Gasteiger partial charge in [0.15, 0.2) is 5.11 Å². The molecule has 25 heavy (non-hydrogen) atoms. The number of nitrogens with one attached hydrogen (secondary N) is 2. The van der Waals surface area contributed by atoms with Gasteiger partial charge in [0, 0.05) is 5.69 Å².